The summed E-state index contributed by atoms with van der Waals surface area (Å²) < 4.78 is 16.3. The highest BCUT2D eigenvalue weighted by Gasteiger charge is 2.38. The van der Waals surface area contributed by atoms with Crippen molar-refractivity contribution in [1.82, 2.24) is 10.3 Å². The lowest BCUT2D eigenvalue weighted by Crippen LogP contribution is -2.32. The van der Waals surface area contributed by atoms with Gasteiger partial charge in [-0.2, -0.15) is 0 Å². The Morgan fingerprint density at radius 1 is 0.923 bits per heavy atom. The summed E-state index contributed by atoms with van der Waals surface area (Å²) in [7, 11) is 0. The van der Waals surface area contributed by atoms with Crippen molar-refractivity contribution in [3.05, 3.63) is 82.0 Å². The van der Waals surface area contributed by atoms with Crippen molar-refractivity contribution >= 4 is 34.1 Å². The van der Waals surface area contributed by atoms with E-state index >= 15 is 0 Å². The van der Waals surface area contributed by atoms with Gasteiger partial charge in [0.1, 0.15) is 5.75 Å². The number of rotatable bonds is 10. The van der Waals surface area contributed by atoms with E-state index in [2.05, 4.69) is 10.6 Å². The second-order valence-corrected chi connectivity index (χ2v) is 9.68. The van der Waals surface area contributed by atoms with Crippen molar-refractivity contribution in [3.8, 4) is 17.0 Å². The fourth-order valence-corrected chi connectivity index (χ4v) is 5.30. The summed E-state index contributed by atoms with van der Waals surface area (Å²) in [6.45, 7) is 10.2. The SMILES string of the molecule is CCOC(=O)C1=C(C)NC(C)=C(C(=O)OCC)C1c1cccc(Nc2nc(-c3ccc(OCC)cc3)cs2)c1. The lowest BCUT2D eigenvalue weighted by atomic mass is 9.80. The van der Waals surface area contributed by atoms with E-state index in [9.17, 15) is 9.59 Å². The maximum Gasteiger partial charge on any atom is 0.336 e. The summed E-state index contributed by atoms with van der Waals surface area (Å²) in [5.41, 5.74) is 5.43. The monoisotopic (exact) mass is 547 g/mol. The molecular weight excluding hydrogens is 514 g/mol. The number of carbonyl (C=O) groups excluding carboxylic acids is 2. The van der Waals surface area contributed by atoms with Crippen LogP contribution in [-0.2, 0) is 19.1 Å². The van der Waals surface area contributed by atoms with E-state index in [1.807, 2.05) is 74.7 Å². The standard InChI is InChI=1S/C30H33N3O5S/c1-6-36-23-14-12-20(13-15-23)24-17-39-30(33-24)32-22-11-9-10-21(16-22)27-25(28(34)37-7-2)18(4)31-19(5)26(27)29(35)38-8-3/h9-17,27,31H,6-8H2,1-5H3,(H,32,33). The molecule has 4 rings (SSSR count). The number of carbonyl (C=O) groups is 2. The van der Waals surface area contributed by atoms with Crippen LogP contribution in [0.2, 0.25) is 0 Å². The van der Waals surface area contributed by atoms with Gasteiger partial charge in [-0.15, -0.1) is 11.3 Å². The number of anilines is 2. The normalized spacial score (nSPS) is 13.7. The molecule has 0 saturated heterocycles. The molecule has 2 aromatic carbocycles. The number of nitrogens with zero attached hydrogens (tertiary/aromatic N) is 1. The van der Waals surface area contributed by atoms with Crippen LogP contribution in [0.25, 0.3) is 11.3 Å². The van der Waals surface area contributed by atoms with Gasteiger partial charge < -0.3 is 24.8 Å². The maximum atomic E-state index is 13.1. The Morgan fingerprint density at radius 3 is 2.15 bits per heavy atom. The molecule has 9 heteroatoms. The van der Waals surface area contributed by atoms with Gasteiger partial charge in [-0.1, -0.05) is 12.1 Å². The zero-order valence-electron chi connectivity index (χ0n) is 22.8. The molecule has 39 heavy (non-hydrogen) atoms. The van der Waals surface area contributed by atoms with E-state index in [0.29, 0.717) is 29.1 Å². The molecule has 1 aliphatic heterocycles. The molecule has 2 heterocycles. The first-order valence-corrected chi connectivity index (χ1v) is 13.8. The first kappa shape index (κ1) is 27.9. The van der Waals surface area contributed by atoms with Crippen molar-refractivity contribution < 1.29 is 23.8 Å². The number of thiazole rings is 1. The number of esters is 2. The molecule has 204 valence electrons. The van der Waals surface area contributed by atoms with Crippen LogP contribution in [0.1, 0.15) is 46.1 Å². The number of hydrogen-bond acceptors (Lipinski definition) is 9. The van der Waals surface area contributed by atoms with E-state index in [0.717, 1.165) is 33.4 Å². The molecule has 0 spiro atoms. The van der Waals surface area contributed by atoms with Gasteiger partial charge in [-0.25, -0.2) is 14.6 Å². The lowest BCUT2D eigenvalue weighted by Gasteiger charge is -2.30. The molecular formula is C30H33N3O5S. The van der Waals surface area contributed by atoms with Gasteiger partial charge in [0, 0.05) is 28.0 Å². The third-order valence-corrected chi connectivity index (χ3v) is 6.95. The zero-order valence-corrected chi connectivity index (χ0v) is 23.6. The van der Waals surface area contributed by atoms with Crippen LogP contribution in [0.15, 0.2) is 76.5 Å². The lowest BCUT2D eigenvalue weighted by molar-refractivity contribution is -0.139. The largest absolute Gasteiger partial charge is 0.494 e. The number of dihydropyridines is 1. The van der Waals surface area contributed by atoms with E-state index in [-0.39, 0.29) is 13.2 Å². The number of aromatic nitrogens is 1. The van der Waals surface area contributed by atoms with Crippen molar-refractivity contribution in [2.45, 2.75) is 40.5 Å². The second kappa shape index (κ2) is 12.6. The summed E-state index contributed by atoms with van der Waals surface area (Å²) >= 11 is 1.49. The average molecular weight is 548 g/mol. The van der Waals surface area contributed by atoms with Gasteiger partial charge in [-0.3, -0.25) is 0 Å². The molecule has 1 aliphatic rings. The molecule has 3 aromatic rings. The topological polar surface area (TPSA) is 98.8 Å². The number of ether oxygens (including phenoxy) is 3. The smallest absolute Gasteiger partial charge is 0.336 e. The minimum Gasteiger partial charge on any atom is -0.494 e. The molecule has 0 unspecified atom stereocenters. The van der Waals surface area contributed by atoms with Crippen LogP contribution >= 0.6 is 11.3 Å². The first-order valence-electron chi connectivity index (χ1n) is 12.9. The van der Waals surface area contributed by atoms with Crippen molar-refractivity contribution in [3.63, 3.8) is 0 Å². The summed E-state index contributed by atoms with van der Waals surface area (Å²) in [5, 5.41) is 9.24. The predicted molar refractivity (Wildman–Crippen MR) is 153 cm³/mol. The molecule has 8 nitrogen and oxygen atoms in total. The zero-order chi connectivity index (χ0) is 27.9. The maximum absolute atomic E-state index is 13.1. The van der Waals surface area contributed by atoms with Gasteiger partial charge in [0.05, 0.1) is 42.6 Å². The van der Waals surface area contributed by atoms with Crippen LogP contribution in [0.5, 0.6) is 5.75 Å². The van der Waals surface area contributed by atoms with Crippen molar-refractivity contribution in [2.75, 3.05) is 25.1 Å². The third-order valence-electron chi connectivity index (χ3n) is 6.19. The molecule has 2 N–H and O–H groups in total. The highest BCUT2D eigenvalue weighted by molar-refractivity contribution is 7.14. The van der Waals surface area contributed by atoms with Crippen LogP contribution in [0, 0.1) is 0 Å². The Morgan fingerprint density at radius 2 is 1.56 bits per heavy atom. The average Bonchev–Trinajstić information content (AvgIpc) is 3.37. The van der Waals surface area contributed by atoms with Gasteiger partial charge >= 0.3 is 11.9 Å². The molecule has 0 bridgehead atoms. The molecule has 0 saturated carbocycles. The number of nitrogens with one attached hydrogen (secondary N) is 2. The van der Waals surface area contributed by atoms with Crippen LogP contribution < -0.4 is 15.4 Å². The van der Waals surface area contributed by atoms with Gasteiger partial charge in [0.2, 0.25) is 0 Å². The first-order chi connectivity index (χ1) is 18.9. The number of benzene rings is 2. The van der Waals surface area contributed by atoms with Crippen LogP contribution in [-0.4, -0.2) is 36.7 Å². The summed E-state index contributed by atoms with van der Waals surface area (Å²) in [5.74, 6) is -0.774. The Hall–Kier alpha value is -4.11. The molecule has 0 atom stereocenters. The molecule has 0 amide bonds. The molecule has 0 radical (unpaired) electrons. The minimum absolute atomic E-state index is 0.224. The van der Waals surface area contributed by atoms with Gasteiger partial charge in [0.25, 0.3) is 0 Å². The van der Waals surface area contributed by atoms with Crippen molar-refractivity contribution in [2.24, 2.45) is 0 Å². The Kier molecular flexibility index (Phi) is 9.03. The number of allylic oxidation sites excluding steroid dienone is 2. The van der Waals surface area contributed by atoms with Crippen LogP contribution in [0.4, 0.5) is 10.8 Å². The quantitative estimate of drug-likeness (QED) is 0.285. The number of hydrogen-bond donors (Lipinski definition) is 2. The highest BCUT2D eigenvalue weighted by Crippen LogP contribution is 2.40. The summed E-state index contributed by atoms with van der Waals surface area (Å²) in [6, 6.07) is 15.5. The van der Waals surface area contributed by atoms with Gasteiger partial charge in [-0.05, 0) is 76.6 Å². The van der Waals surface area contributed by atoms with E-state index in [1.54, 1.807) is 13.8 Å². The van der Waals surface area contributed by atoms with E-state index in [4.69, 9.17) is 19.2 Å². The highest BCUT2D eigenvalue weighted by atomic mass is 32.1. The minimum atomic E-state index is -0.651. The Balaban J connectivity index is 1.65. The fourth-order valence-electron chi connectivity index (χ4n) is 4.56. The fraction of sp³-hybridized carbons (Fsp3) is 0.300. The third kappa shape index (κ3) is 6.31. The van der Waals surface area contributed by atoms with Crippen LogP contribution in [0.3, 0.4) is 0 Å². The summed E-state index contributed by atoms with van der Waals surface area (Å²) in [4.78, 5) is 30.9. The molecule has 1 aromatic heterocycles. The second-order valence-electron chi connectivity index (χ2n) is 8.82. The predicted octanol–water partition coefficient (Wildman–Crippen LogP) is 6.31. The molecule has 0 aliphatic carbocycles. The Labute approximate surface area is 232 Å². The summed E-state index contributed by atoms with van der Waals surface area (Å²) in [6.07, 6.45) is 0. The van der Waals surface area contributed by atoms with E-state index < -0.39 is 17.9 Å². The van der Waals surface area contributed by atoms with Crippen molar-refractivity contribution in [1.29, 1.82) is 0 Å². The van der Waals surface area contributed by atoms with Gasteiger partial charge in [0.15, 0.2) is 5.13 Å². The molecule has 0 fully saturated rings. The van der Waals surface area contributed by atoms with E-state index in [1.165, 1.54) is 11.3 Å². The Bertz CT molecular complexity index is 1370.